The van der Waals surface area contributed by atoms with Crippen molar-refractivity contribution in [1.29, 1.82) is 0 Å². The van der Waals surface area contributed by atoms with E-state index in [1.54, 1.807) is 18.4 Å². The first-order chi connectivity index (χ1) is 7.25. The highest BCUT2D eigenvalue weighted by atomic mass is 19.1. The highest BCUT2D eigenvalue weighted by Crippen LogP contribution is 2.12. The minimum absolute atomic E-state index is 0.473. The number of pyridine rings is 1. The molecule has 0 N–H and O–H groups in total. The topological polar surface area (TPSA) is 29.3 Å². The number of halogens is 1. The molecule has 0 atom stereocenters. The number of anilines is 1. The van der Waals surface area contributed by atoms with Crippen LogP contribution in [0.15, 0.2) is 41.0 Å². The molecule has 15 heavy (non-hydrogen) atoms. The fourth-order valence-electron chi connectivity index (χ4n) is 1.33. The molecule has 0 aliphatic heterocycles. The number of hydrogen-bond donors (Lipinski definition) is 0. The molecular weight excluding hydrogens is 195 g/mol. The molecule has 3 nitrogen and oxygen atoms in total. The van der Waals surface area contributed by atoms with Crippen LogP contribution in [0.1, 0.15) is 5.76 Å². The molecule has 0 aliphatic carbocycles. The Kier molecular flexibility index (Phi) is 2.67. The van der Waals surface area contributed by atoms with Crippen LogP contribution in [0.3, 0.4) is 0 Å². The van der Waals surface area contributed by atoms with E-state index in [1.165, 1.54) is 6.07 Å². The number of nitrogens with zero attached hydrogens (tertiary/aromatic N) is 2. The molecule has 0 saturated heterocycles. The maximum Gasteiger partial charge on any atom is 0.214 e. The van der Waals surface area contributed by atoms with E-state index in [0.29, 0.717) is 12.4 Å². The number of rotatable bonds is 3. The number of furan rings is 1. The van der Waals surface area contributed by atoms with Crippen LogP contribution in [0.4, 0.5) is 10.2 Å². The highest BCUT2D eigenvalue weighted by molar-refractivity contribution is 5.37. The summed E-state index contributed by atoms with van der Waals surface area (Å²) in [5, 5.41) is 0. The number of hydrogen-bond acceptors (Lipinski definition) is 3. The Morgan fingerprint density at radius 2 is 2.20 bits per heavy atom. The van der Waals surface area contributed by atoms with E-state index >= 15 is 0 Å². The molecule has 2 aromatic heterocycles. The highest BCUT2D eigenvalue weighted by Gasteiger charge is 2.05. The average molecular weight is 206 g/mol. The van der Waals surface area contributed by atoms with Crippen molar-refractivity contribution in [3.8, 4) is 0 Å². The van der Waals surface area contributed by atoms with E-state index in [9.17, 15) is 4.39 Å². The van der Waals surface area contributed by atoms with E-state index in [2.05, 4.69) is 4.98 Å². The predicted octanol–water partition coefficient (Wildman–Crippen LogP) is 2.45. The Morgan fingerprint density at radius 1 is 1.33 bits per heavy atom. The third kappa shape index (κ3) is 2.34. The van der Waals surface area contributed by atoms with Gasteiger partial charge in [-0.25, -0.2) is 4.98 Å². The van der Waals surface area contributed by atoms with Gasteiger partial charge in [-0.1, -0.05) is 6.07 Å². The summed E-state index contributed by atoms with van der Waals surface area (Å²) < 4.78 is 18.0. The molecular formula is C11H11FN2O. The second-order valence-corrected chi connectivity index (χ2v) is 3.25. The molecule has 0 aromatic carbocycles. The van der Waals surface area contributed by atoms with Crippen LogP contribution in [0.25, 0.3) is 0 Å². The van der Waals surface area contributed by atoms with Gasteiger partial charge in [0, 0.05) is 7.05 Å². The second kappa shape index (κ2) is 4.13. The van der Waals surface area contributed by atoms with Crippen LogP contribution < -0.4 is 4.90 Å². The van der Waals surface area contributed by atoms with Crippen molar-refractivity contribution in [2.45, 2.75) is 6.54 Å². The third-order valence-electron chi connectivity index (χ3n) is 2.06. The lowest BCUT2D eigenvalue weighted by Crippen LogP contribution is -2.17. The van der Waals surface area contributed by atoms with Gasteiger partial charge in [-0.2, -0.15) is 4.39 Å². The van der Waals surface area contributed by atoms with Gasteiger partial charge in [0.2, 0.25) is 5.95 Å². The molecule has 0 spiro atoms. The predicted molar refractivity (Wildman–Crippen MR) is 55.0 cm³/mol. The van der Waals surface area contributed by atoms with Gasteiger partial charge in [0.1, 0.15) is 11.6 Å². The van der Waals surface area contributed by atoms with Gasteiger partial charge in [0.25, 0.3) is 0 Å². The maximum atomic E-state index is 12.8. The maximum absolute atomic E-state index is 12.8. The van der Waals surface area contributed by atoms with E-state index in [1.807, 2.05) is 24.1 Å². The second-order valence-electron chi connectivity index (χ2n) is 3.25. The van der Waals surface area contributed by atoms with Crippen molar-refractivity contribution in [3.63, 3.8) is 0 Å². The minimum Gasteiger partial charge on any atom is -0.467 e. The molecule has 2 rings (SSSR count). The van der Waals surface area contributed by atoms with Gasteiger partial charge < -0.3 is 9.32 Å². The van der Waals surface area contributed by atoms with Crippen molar-refractivity contribution in [2.24, 2.45) is 0 Å². The Bertz CT molecular complexity index is 428. The van der Waals surface area contributed by atoms with E-state index in [4.69, 9.17) is 4.42 Å². The van der Waals surface area contributed by atoms with Crippen LogP contribution >= 0.6 is 0 Å². The Labute approximate surface area is 87.2 Å². The first-order valence-corrected chi connectivity index (χ1v) is 4.62. The zero-order valence-corrected chi connectivity index (χ0v) is 8.35. The molecule has 2 heterocycles. The molecule has 0 bridgehead atoms. The minimum atomic E-state index is -0.473. The molecule has 78 valence electrons. The van der Waals surface area contributed by atoms with E-state index < -0.39 is 5.95 Å². The molecule has 0 radical (unpaired) electrons. The average Bonchev–Trinajstić information content (AvgIpc) is 2.70. The van der Waals surface area contributed by atoms with Crippen molar-refractivity contribution in [2.75, 3.05) is 11.9 Å². The van der Waals surface area contributed by atoms with Crippen LogP contribution in [0, 0.1) is 5.95 Å². The fraction of sp³-hybridized carbons (Fsp3) is 0.182. The van der Waals surface area contributed by atoms with E-state index in [0.717, 1.165) is 5.76 Å². The summed E-state index contributed by atoms with van der Waals surface area (Å²) in [4.78, 5) is 5.59. The lowest BCUT2D eigenvalue weighted by Gasteiger charge is -2.16. The summed E-state index contributed by atoms with van der Waals surface area (Å²) in [6, 6.07) is 8.41. The fourth-order valence-corrected chi connectivity index (χ4v) is 1.33. The molecule has 0 aliphatic rings. The van der Waals surface area contributed by atoms with Crippen molar-refractivity contribution in [1.82, 2.24) is 4.98 Å². The normalized spacial score (nSPS) is 10.3. The van der Waals surface area contributed by atoms with E-state index in [-0.39, 0.29) is 0 Å². The monoisotopic (exact) mass is 206 g/mol. The summed E-state index contributed by atoms with van der Waals surface area (Å²) in [5.41, 5.74) is 0. The Hall–Kier alpha value is -1.84. The van der Waals surface area contributed by atoms with Crippen molar-refractivity contribution >= 4 is 5.82 Å². The van der Waals surface area contributed by atoms with Crippen molar-refractivity contribution < 1.29 is 8.81 Å². The summed E-state index contributed by atoms with van der Waals surface area (Å²) in [6.07, 6.45) is 1.61. The lowest BCUT2D eigenvalue weighted by atomic mass is 10.4. The molecule has 0 unspecified atom stereocenters. The summed E-state index contributed by atoms with van der Waals surface area (Å²) >= 11 is 0. The number of aromatic nitrogens is 1. The molecule has 2 aromatic rings. The SMILES string of the molecule is CN(Cc1ccco1)c1cccc(F)n1. The van der Waals surface area contributed by atoms with Gasteiger partial charge in [0.15, 0.2) is 0 Å². The smallest absolute Gasteiger partial charge is 0.214 e. The van der Waals surface area contributed by atoms with Gasteiger partial charge in [0.05, 0.1) is 12.8 Å². The van der Waals surface area contributed by atoms with Crippen LogP contribution in [0.2, 0.25) is 0 Å². The standard InChI is InChI=1S/C11H11FN2O/c1-14(8-9-4-3-7-15-9)11-6-2-5-10(12)13-11/h2-7H,8H2,1H3. The largest absolute Gasteiger partial charge is 0.467 e. The first kappa shape index (κ1) is 9.71. The zero-order valence-electron chi connectivity index (χ0n) is 8.35. The van der Waals surface area contributed by atoms with Gasteiger partial charge in [-0.3, -0.25) is 0 Å². The molecule has 0 saturated carbocycles. The van der Waals surface area contributed by atoms with Gasteiger partial charge in [-0.15, -0.1) is 0 Å². The van der Waals surface area contributed by atoms with Crippen LogP contribution in [-0.4, -0.2) is 12.0 Å². The third-order valence-corrected chi connectivity index (χ3v) is 2.06. The zero-order chi connectivity index (χ0) is 10.7. The lowest BCUT2D eigenvalue weighted by molar-refractivity contribution is 0.505. The molecule has 4 heteroatoms. The van der Waals surface area contributed by atoms with Crippen molar-refractivity contribution in [3.05, 3.63) is 48.3 Å². The summed E-state index contributed by atoms with van der Waals surface area (Å²) in [5.74, 6) is 0.939. The van der Waals surface area contributed by atoms with Crippen LogP contribution in [0.5, 0.6) is 0 Å². The van der Waals surface area contributed by atoms with Gasteiger partial charge in [-0.05, 0) is 24.3 Å². The van der Waals surface area contributed by atoms with Crippen LogP contribution in [-0.2, 0) is 6.54 Å². The molecule has 0 fully saturated rings. The Morgan fingerprint density at radius 3 is 2.87 bits per heavy atom. The quantitative estimate of drug-likeness (QED) is 0.722. The summed E-state index contributed by atoms with van der Waals surface area (Å²) in [6.45, 7) is 0.573. The molecule has 0 amide bonds. The van der Waals surface area contributed by atoms with Gasteiger partial charge >= 0.3 is 0 Å². The summed E-state index contributed by atoms with van der Waals surface area (Å²) in [7, 11) is 1.84. The first-order valence-electron chi connectivity index (χ1n) is 4.62. The Balaban J connectivity index is 2.11.